The fourth-order valence-corrected chi connectivity index (χ4v) is 3.36. The zero-order chi connectivity index (χ0) is 21.0. The summed E-state index contributed by atoms with van der Waals surface area (Å²) in [5.41, 5.74) is 1.90. The second-order valence-electron chi connectivity index (χ2n) is 6.34. The van der Waals surface area contributed by atoms with Gasteiger partial charge < -0.3 is 10.1 Å². The van der Waals surface area contributed by atoms with E-state index in [2.05, 4.69) is 10.4 Å². The van der Waals surface area contributed by atoms with Crippen molar-refractivity contribution in [2.24, 2.45) is 11.0 Å². The van der Waals surface area contributed by atoms with Crippen molar-refractivity contribution in [3.8, 4) is 0 Å². The number of halogens is 3. The number of esters is 1. The van der Waals surface area contributed by atoms with E-state index < -0.39 is 6.03 Å². The smallest absolute Gasteiger partial charge is 0.342 e. The van der Waals surface area contributed by atoms with Gasteiger partial charge in [0.1, 0.15) is 0 Å². The Kier molecular flexibility index (Phi) is 7.00. The minimum absolute atomic E-state index is 0.117. The van der Waals surface area contributed by atoms with Crippen LogP contribution in [0.3, 0.4) is 0 Å². The van der Waals surface area contributed by atoms with E-state index in [1.54, 1.807) is 49.4 Å². The van der Waals surface area contributed by atoms with Crippen LogP contribution in [-0.2, 0) is 9.53 Å². The number of urea groups is 1. The molecule has 2 aromatic rings. The molecule has 0 saturated heterocycles. The van der Waals surface area contributed by atoms with Gasteiger partial charge >= 0.3 is 12.0 Å². The Labute approximate surface area is 183 Å². The van der Waals surface area contributed by atoms with Crippen molar-refractivity contribution in [2.75, 3.05) is 18.5 Å². The number of ether oxygens (including phenoxy) is 1. The molecule has 0 aliphatic carbocycles. The Balaban J connectivity index is 1.80. The van der Waals surface area contributed by atoms with E-state index in [4.69, 9.17) is 39.5 Å². The largest absolute Gasteiger partial charge is 0.466 e. The maximum atomic E-state index is 12.7. The van der Waals surface area contributed by atoms with Gasteiger partial charge in [0.15, 0.2) is 0 Å². The summed E-state index contributed by atoms with van der Waals surface area (Å²) in [6.07, 6.45) is 0.117. The number of carbonyl (C=O) groups excluding carboxylic acids is 2. The van der Waals surface area contributed by atoms with Crippen LogP contribution in [0.1, 0.15) is 18.9 Å². The van der Waals surface area contributed by atoms with E-state index in [1.165, 1.54) is 5.01 Å². The molecule has 1 N–H and O–H groups in total. The minimum Gasteiger partial charge on any atom is -0.466 e. The molecule has 9 heteroatoms. The fourth-order valence-electron chi connectivity index (χ4n) is 2.93. The van der Waals surface area contributed by atoms with Crippen molar-refractivity contribution in [2.45, 2.75) is 13.3 Å². The van der Waals surface area contributed by atoms with Crippen molar-refractivity contribution in [1.82, 2.24) is 5.01 Å². The van der Waals surface area contributed by atoms with Crippen LogP contribution in [0, 0.1) is 5.92 Å². The average molecular weight is 455 g/mol. The molecule has 29 heavy (non-hydrogen) atoms. The lowest BCUT2D eigenvalue weighted by Gasteiger charge is -2.15. The number of carbonyl (C=O) groups is 2. The summed E-state index contributed by atoms with van der Waals surface area (Å²) in [5, 5.41) is 9.77. The SMILES string of the molecule is CCOC(=O)CC1CN(C(=O)Nc2ccc(Cl)c(Cl)c2)N=C1c1ccc(Cl)cc1. The van der Waals surface area contributed by atoms with Crippen molar-refractivity contribution >= 4 is 58.2 Å². The molecule has 0 spiro atoms. The van der Waals surface area contributed by atoms with E-state index >= 15 is 0 Å². The van der Waals surface area contributed by atoms with Gasteiger partial charge in [0, 0.05) is 16.6 Å². The number of hydrogen-bond donors (Lipinski definition) is 1. The number of amides is 2. The highest BCUT2D eigenvalue weighted by Gasteiger charge is 2.33. The van der Waals surface area contributed by atoms with Crippen LogP contribution in [0.2, 0.25) is 15.1 Å². The fraction of sp³-hybridized carbons (Fsp3) is 0.250. The molecule has 2 aromatic carbocycles. The second kappa shape index (κ2) is 9.48. The lowest BCUT2D eigenvalue weighted by Crippen LogP contribution is -2.31. The number of hydrazone groups is 1. The normalized spacial score (nSPS) is 15.8. The number of anilines is 1. The molecule has 3 rings (SSSR count). The molecule has 6 nitrogen and oxygen atoms in total. The summed E-state index contributed by atoms with van der Waals surface area (Å²) < 4.78 is 5.06. The molecule has 1 aliphatic rings. The second-order valence-corrected chi connectivity index (χ2v) is 7.59. The highest BCUT2D eigenvalue weighted by molar-refractivity contribution is 6.42. The number of hydrogen-bond acceptors (Lipinski definition) is 4. The lowest BCUT2D eigenvalue weighted by molar-refractivity contribution is -0.143. The molecule has 152 valence electrons. The summed E-state index contributed by atoms with van der Waals surface area (Å²) in [5.74, 6) is -0.638. The first-order valence-corrected chi connectivity index (χ1v) is 10.0. The van der Waals surface area contributed by atoms with Gasteiger partial charge in [-0.1, -0.05) is 46.9 Å². The van der Waals surface area contributed by atoms with Gasteiger partial charge in [-0.15, -0.1) is 0 Å². The van der Waals surface area contributed by atoms with Gasteiger partial charge in [-0.25, -0.2) is 9.80 Å². The topological polar surface area (TPSA) is 71.0 Å². The monoisotopic (exact) mass is 453 g/mol. The van der Waals surface area contributed by atoms with Crippen LogP contribution in [0.5, 0.6) is 0 Å². The molecular weight excluding hydrogens is 437 g/mol. The van der Waals surface area contributed by atoms with Crippen LogP contribution >= 0.6 is 34.8 Å². The lowest BCUT2D eigenvalue weighted by atomic mass is 9.94. The molecule has 1 atom stereocenters. The average Bonchev–Trinajstić information content (AvgIpc) is 3.09. The third-order valence-corrected chi connectivity index (χ3v) is 5.26. The number of rotatable bonds is 5. The molecule has 0 bridgehead atoms. The summed E-state index contributed by atoms with van der Waals surface area (Å²) in [6.45, 7) is 2.28. The highest BCUT2D eigenvalue weighted by atomic mass is 35.5. The molecule has 1 heterocycles. The summed E-state index contributed by atoms with van der Waals surface area (Å²) in [7, 11) is 0. The molecule has 0 fully saturated rings. The van der Waals surface area contributed by atoms with E-state index in [-0.39, 0.29) is 24.9 Å². The van der Waals surface area contributed by atoms with Gasteiger partial charge in [0.05, 0.1) is 35.3 Å². The summed E-state index contributed by atoms with van der Waals surface area (Å²) in [6, 6.07) is 11.4. The molecule has 0 radical (unpaired) electrons. The number of nitrogens with one attached hydrogen (secondary N) is 1. The van der Waals surface area contributed by atoms with Gasteiger partial charge in [-0.05, 0) is 42.8 Å². The maximum absolute atomic E-state index is 12.7. The molecule has 2 amide bonds. The Morgan fingerprint density at radius 3 is 2.52 bits per heavy atom. The molecule has 1 unspecified atom stereocenters. The van der Waals surface area contributed by atoms with Gasteiger partial charge in [0.2, 0.25) is 0 Å². The van der Waals surface area contributed by atoms with E-state index in [9.17, 15) is 9.59 Å². The number of benzene rings is 2. The third-order valence-electron chi connectivity index (χ3n) is 4.27. The maximum Gasteiger partial charge on any atom is 0.342 e. The first kappa shape index (κ1) is 21.4. The van der Waals surface area contributed by atoms with Crippen molar-refractivity contribution in [3.05, 3.63) is 63.1 Å². The first-order chi connectivity index (χ1) is 13.9. The Morgan fingerprint density at radius 2 is 1.86 bits per heavy atom. The molecule has 1 aliphatic heterocycles. The van der Waals surface area contributed by atoms with Crippen LogP contribution in [0.15, 0.2) is 47.6 Å². The van der Waals surface area contributed by atoms with Gasteiger partial charge in [-0.2, -0.15) is 5.10 Å². The van der Waals surface area contributed by atoms with Crippen LogP contribution in [0.25, 0.3) is 0 Å². The summed E-state index contributed by atoms with van der Waals surface area (Å²) in [4.78, 5) is 24.7. The van der Waals surface area contributed by atoms with Gasteiger partial charge in [0.25, 0.3) is 0 Å². The first-order valence-electron chi connectivity index (χ1n) is 8.91. The van der Waals surface area contributed by atoms with Crippen molar-refractivity contribution in [3.63, 3.8) is 0 Å². The van der Waals surface area contributed by atoms with Gasteiger partial charge in [-0.3, -0.25) is 4.79 Å². The van der Waals surface area contributed by atoms with E-state index in [0.29, 0.717) is 33.1 Å². The van der Waals surface area contributed by atoms with Crippen LogP contribution in [0.4, 0.5) is 10.5 Å². The van der Waals surface area contributed by atoms with E-state index in [1.807, 2.05) is 0 Å². The Morgan fingerprint density at radius 1 is 1.14 bits per heavy atom. The predicted molar refractivity (Wildman–Crippen MR) is 115 cm³/mol. The van der Waals surface area contributed by atoms with Crippen molar-refractivity contribution < 1.29 is 14.3 Å². The van der Waals surface area contributed by atoms with Crippen LogP contribution in [-0.4, -0.2) is 35.9 Å². The zero-order valence-electron chi connectivity index (χ0n) is 15.5. The molecule has 0 saturated carbocycles. The highest BCUT2D eigenvalue weighted by Crippen LogP contribution is 2.27. The standard InChI is InChI=1S/C20H18Cl3N3O3/c1-2-29-18(27)9-13-11-26(25-19(13)12-3-5-14(21)6-4-12)20(28)24-15-7-8-16(22)17(23)10-15/h3-8,10,13H,2,9,11H2,1H3,(H,24,28). The quantitative estimate of drug-likeness (QED) is 0.609. The zero-order valence-corrected chi connectivity index (χ0v) is 17.8. The minimum atomic E-state index is -0.443. The Bertz CT molecular complexity index is 948. The van der Waals surface area contributed by atoms with Crippen molar-refractivity contribution in [1.29, 1.82) is 0 Å². The predicted octanol–water partition coefficient (Wildman–Crippen LogP) is 5.47. The Hall–Kier alpha value is -2.28. The summed E-state index contributed by atoms with van der Waals surface area (Å²) >= 11 is 17.9. The number of nitrogens with zero attached hydrogens (tertiary/aromatic N) is 2. The molecule has 0 aromatic heterocycles. The molecular formula is C20H18Cl3N3O3. The third kappa shape index (κ3) is 5.41. The van der Waals surface area contributed by atoms with Crippen LogP contribution < -0.4 is 5.32 Å². The van der Waals surface area contributed by atoms with E-state index in [0.717, 1.165) is 5.56 Å².